The summed E-state index contributed by atoms with van der Waals surface area (Å²) in [5, 5.41) is 13.9. The molecule has 232 valence electrons. The Labute approximate surface area is 258 Å². The number of methoxy groups -OCH3 is 1. The number of nitrogens with one attached hydrogen (secondary N) is 1. The Kier molecular flexibility index (Phi) is 11.2. The molecule has 4 aromatic rings. The minimum atomic E-state index is -0.872. The van der Waals surface area contributed by atoms with Gasteiger partial charge < -0.3 is 24.5 Å². The van der Waals surface area contributed by atoms with Gasteiger partial charge in [-0.3, -0.25) is 9.59 Å². The van der Waals surface area contributed by atoms with E-state index in [9.17, 15) is 19.1 Å². The van der Waals surface area contributed by atoms with Gasteiger partial charge in [-0.1, -0.05) is 48.5 Å². The van der Waals surface area contributed by atoms with Gasteiger partial charge in [0.25, 0.3) is 5.91 Å². The molecule has 1 heterocycles. The van der Waals surface area contributed by atoms with Crippen LogP contribution in [0.4, 0.5) is 10.1 Å². The second kappa shape index (κ2) is 15.1. The molecule has 1 unspecified atom stereocenters. The molecule has 0 bridgehead atoms. The molecule has 0 spiro atoms. The van der Waals surface area contributed by atoms with E-state index in [0.717, 1.165) is 16.8 Å². The van der Waals surface area contributed by atoms with Gasteiger partial charge in [0, 0.05) is 43.4 Å². The SMILES string of the molecule is COC(C)(C)OCCCC(=O)CC(O)CCn1c(C)c(C(=O)Nc2ccccc2)c(-c2ccccc2)c1-c1ccc(F)cc1. The van der Waals surface area contributed by atoms with Crippen LogP contribution >= 0.6 is 0 Å². The van der Waals surface area contributed by atoms with Crippen LogP contribution in [0.25, 0.3) is 22.4 Å². The molecule has 44 heavy (non-hydrogen) atoms. The molecule has 7 nitrogen and oxygen atoms in total. The number of para-hydroxylation sites is 1. The lowest BCUT2D eigenvalue weighted by Crippen LogP contribution is -2.27. The number of hydrogen-bond acceptors (Lipinski definition) is 5. The summed E-state index contributed by atoms with van der Waals surface area (Å²) in [6.45, 7) is 6.21. The lowest BCUT2D eigenvalue weighted by molar-refractivity contribution is -0.197. The zero-order valence-electron chi connectivity index (χ0n) is 25.8. The van der Waals surface area contributed by atoms with E-state index < -0.39 is 11.9 Å². The summed E-state index contributed by atoms with van der Waals surface area (Å²) in [6, 6.07) is 25.0. The Morgan fingerprint density at radius 2 is 1.59 bits per heavy atom. The predicted molar refractivity (Wildman–Crippen MR) is 171 cm³/mol. The van der Waals surface area contributed by atoms with Gasteiger partial charge in [-0.15, -0.1) is 0 Å². The van der Waals surface area contributed by atoms with Crippen molar-refractivity contribution >= 4 is 17.4 Å². The Morgan fingerprint density at radius 3 is 2.23 bits per heavy atom. The van der Waals surface area contributed by atoms with Crippen molar-refractivity contribution in [3.8, 4) is 22.4 Å². The van der Waals surface area contributed by atoms with E-state index in [1.807, 2.05) is 86.0 Å². The van der Waals surface area contributed by atoms with Crippen LogP contribution in [0.2, 0.25) is 0 Å². The van der Waals surface area contributed by atoms with Crippen LogP contribution in [0.1, 0.15) is 55.6 Å². The molecule has 4 rings (SSSR count). The number of aliphatic hydroxyl groups is 1. The smallest absolute Gasteiger partial charge is 0.258 e. The highest BCUT2D eigenvalue weighted by molar-refractivity contribution is 6.12. The number of anilines is 1. The number of amides is 1. The highest BCUT2D eigenvalue weighted by Crippen LogP contribution is 2.40. The standard InChI is InChI=1S/C36H41FN2O5/c1-25-32(35(42)38-29-14-9-6-10-15-29)33(26-12-7-5-8-13-26)34(27-17-19-28(37)20-18-27)39(25)22-21-31(41)24-30(40)16-11-23-44-36(2,3)43-4/h5-10,12-15,17-20,31,41H,11,16,21-24H2,1-4H3,(H,38,42). The van der Waals surface area contributed by atoms with Gasteiger partial charge in [0.05, 0.1) is 24.0 Å². The molecular formula is C36H41FN2O5. The fraction of sp³-hybridized carbons (Fsp3) is 0.333. The van der Waals surface area contributed by atoms with Crippen molar-refractivity contribution in [3.63, 3.8) is 0 Å². The lowest BCUT2D eigenvalue weighted by Gasteiger charge is -2.23. The summed E-state index contributed by atoms with van der Waals surface area (Å²) in [5.74, 6) is -1.40. The van der Waals surface area contributed by atoms with Crippen LogP contribution in [0.3, 0.4) is 0 Å². The van der Waals surface area contributed by atoms with Crippen LogP contribution < -0.4 is 5.32 Å². The fourth-order valence-electron chi connectivity index (χ4n) is 5.19. The molecule has 3 aromatic carbocycles. The maximum absolute atomic E-state index is 14.0. The van der Waals surface area contributed by atoms with Crippen molar-refractivity contribution in [2.45, 2.75) is 64.9 Å². The number of rotatable bonds is 15. The number of Topliss-reactive ketones (excluding diaryl/α,β-unsaturated/α-hetero) is 1. The Hall–Kier alpha value is -4.11. The fourth-order valence-corrected chi connectivity index (χ4v) is 5.19. The van der Waals surface area contributed by atoms with Crippen LogP contribution in [-0.4, -0.2) is 47.0 Å². The minimum absolute atomic E-state index is 0.0206. The second-order valence-electron chi connectivity index (χ2n) is 11.3. The molecule has 0 fully saturated rings. The zero-order chi connectivity index (χ0) is 31.7. The highest BCUT2D eigenvalue weighted by atomic mass is 19.1. The molecule has 0 saturated carbocycles. The number of ketones is 1. The summed E-state index contributed by atoms with van der Waals surface area (Å²) < 4.78 is 26.8. The van der Waals surface area contributed by atoms with Crippen LogP contribution in [-0.2, 0) is 20.8 Å². The molecule has 8 heteroatoms. The van der Waals surface area contributed by atoms with E-state index in [2.05, 4.69) is 5.32 Å². The molecule has 0 aliphatic carbocycles. The molecule has 1 aromatic heterocycles. The maximum atomic E-state index is 14.0. The van der Waals surface area contributed by atoms with Gasteiger partial charge in [0.1, 0.15) is 11.6 Å². The van der Waals surface area contributed by atoms with Crippen LogP contribution in [0, 0.1) is 12.7 Å². The van der Waals surface area contributed by atoms with Crippen molar-refractivity contribution in [2.24, 2.45) is 0 Å². The molecule has 0 aliphatic heterocycles. The summed E-state index contributed by atoms with van der Waals surface area (Å²) in [6.07, 6.45) is 0.263. The third kappa shape index (κ3) is 8.50. The first-order chi connectivity index (χ1) is 21.1. The highest BCUT2D eigenvalue weighted by Gasteiger charge is 2.28. The number of ether oxygens (including phenoxy) is 2. The zero-order valence-corrected chi connectivity index (χ0v) is 25.8. The topological polar surface area (TPSA) is 89.8 Å². The summed E-state index contributed by atoms with van der Waals surface area (Å²) in [5.41, 5.74) is 4.88. The number of hydrogen-bond donors (Lipinski definition) is 2. The molecule has 1 amide bonds. The van der Waals surface area contributed by atoms with Crippen molar-refractivity contribution in [1.82, 2.24) is 4.57 Å². The van der Waals surface area contributed by atoms with E-state index in [-0.39, 0.29) is 30.3 Å². The van der Waals surface area contributed by atoms with Gasteiger partial charge in [-0.05, 0) is 81.1 Å². The summed E-state index contributed by atoms with van der Waals surface area (Å²) in [7, 11) is 1.57. The number of aliphatic hydroxyl groups excluding tert-OH is 1. The number of carbonyl (C=O) groups is 2. The number of halogens is 1. The number of benzene rings is 3. The third-order valence-corrected chi connectivity index (χ3v) is 7.65. The predicted octanol–water partition coefficient (Wildman–Crippen LogP) is 7.41. The molecule has 2 N–H and O–H groups in total. The third-order valence-electron chi connectivity index (χ3n) is 7.65. The normalized spacial score (nSPS) is 12.2. The number of carbonyl (C=O) groups excluding carboxylic acids is 2. The average molecular weight is 601 g/mol. The van der Waals surface area contributed by atoms with E-state index in [1.54, 1.807) is 19.2 Å². The van der Waals surface area contributed by atoms with Crippen molar-refractivity contribution in [2.75, 3.05) is 19.0 Å². The Bertz CT molecular complexity index is 1530. The van der Waals surface area contributed by atoms with Gasteiger partial charge in [-0.25, -0.2) is 4.39 Å². The molecular weight excluding hydrogens is 559 g/mol. The Morgan fingerprint density at radius 1 is 0.955 bits per heavy atom. The Balaban J connectivity index is 1.63. The monoisotopic (exact) mass is 600 g/mol. The van der Waals surface area contributed by atoms with Crippen molar-refractivity contribution in [1.29, 1.82) is 0 Å². The van der Waals surface area contributed by atoms with Crippen LogP contribution in [0.15, 0.2) is 84.9 Å². The van der Waals surface area contributed by atoms with Crippen molar-refractivity contribution in [3.05, 3.63) is 102 Å². The summed E-state index contributed by atoms with van der Waals surface area (Å²) >= 11 is 0. The second-order valence-corrected chi connectivity index (χ2v) is 11.3. The quantitative estimate of drug-likeness (QED) is 0.110. The lowest BCUT2D eigenvalue weighted by atomic mass is 9.96. The minimum Gasteiger partial charge on any atom is -0.393 e. The first kappa shape index (κ1) is 32.8. The number of aromatic nitrogens is 1. The summed E-state index contributed by atoms with van der Waals surface area (Å²) in [4.78, 5) is 26.5. The first-order valence-electron chi connectivity index (χ1n) is 14.9. The van der Waals surface area contributed by atoms with E-state index in [0.29, 0.717) is 48.5 Å². The number of nitrogens with zero attached hydrogens (tertiary/aromatic N) is 1. The van der Waals surface area contributed by atoms with E-state index in [1.165, 1.54) is 12.1 Å². The van der Waals surface area contributed by atoms with Gasteiger partial charge in [0.2, 0.25) is 0 Å². The van der Waals surface area contributed by atoms with E-state index >= 15 is 0 Å². The van der Waals surface area contributed by atoms with Crippen LogP contribution in [0.5, 0.6) is 0 Å². The molecule has 0 radical (unpaired) electrons. The van der Waals surface area contributed by atoms with Gasteiger partial charge in [-0.2, -0.15) is 0 Å². The first-order valence-corrected chi connectivity index (χ1v) is 14.9. The largest absolute Gasteiger partial charge is 0.393 e. The van der Waals surface area contributed by atoms with Gasteiger partial charge in [0.15, 0.2) is 5.79 Å². The average Bonchev–Trinajstić information content (AvgIpc) is 3.31. The maximum Gasteiger partial charge on any atom is 0.258 e. The van der Waals surface area contributed by atoms with E-state index in [4.69, 9.17) is 9.47 Å². The molecule has 0 aliphatic rings. The molecule has 0 saturated heterocycles. The van der Waals surface area contributed by atoms with Gasteiger partial charge >= 0.3 is 0 Å². The van der Waals surface area contributed by atoms with Crippen molar-refractivity contribution < 1.29 is 28.6 Å². The molecule has 1 atom stereocenters.